The van der Waals surface area contributed by atoms with Gasteiger partial charge in [-0.25, -0.2) is 17.9 Å². The molecule has 3 atom stereocenters. The lowest BCUT2D eigenvalue weighted by atomic mass is 9.86. The normalized spacial score (nSPS) is 28.8. The molecule has 0 aromatic heterocycles. The van der Waals surface area contributed by atoms with E-state index in [2.05, 4.69) is 10.0 Å². The van der Waals surface area contributed by atoms with Crippen LogP contribution in [0.4, 0.5) is 4.79 Å². The molecule has 1 unspecified atom stereocenters. The number of sulfonamides is 1. The van der Waals surface area contributed by atoms with Gasteiger partial charge < -0.3 is 15.0 Å². The minimum atomic E-state index is -3.31. The van der Waals surface area contributed by atoms with E-state index >= 15 is 0 Å². The summed E-state index contributed by atoms with van der Waals surface area (Å²) in [6.45, 7) is 6.24. The largest absolute Gasteiger partial charge is 0.447 e. The molecule has 0 aliphatic carbocycles. The Morgan fingerprint density at radius 3 is 2.67 bits per heavy atom. The summed E-state index contributed by atoms with van der Waals surface area (Å²) in [5, 5.41) is 3.39. The van der Waals surface area contributed by atoms with Gasteiger partial charge in [-0.2, -0.15) is 0 Å². The molecule has 0 aromatic carbocycles. The number of nitrogens with one attached hydrogen (secondary N) is 2. The van der Waals surface area contributed by atoms with Gasteiger partial charge in [0, 0.05) is 12.6 Å². The van der Waals surface area contributed by atoms with Gasteiger partial charge in [-0.05, 0) is 65.0 Å². The van der Waals surface area contributed by atoms with Gasteiger partial charge in [0.05, 0.1) is 18.4 Å². The number of nitrogens with zero attached hydrogens (tertiary/aromatic N) is 1. The number of amides is 1. The zero-order valence-corrected chi connectivity index (χ0v) is 15.8. The van der Waals surface area contributed by atoms with Gasteiger partial charge in [0.25, 0.3) is 0 Å². The van der Waals surface area contributed by atoms with E-state index in [1.807, 2.05) is 13.8 Å². The lowest BCUT2D eigenvalue weighted by Gasteiger charge is -2.42. The van der Waals surface area contributed by atoms with Crippen LogP contribution in [-0.2, 0) is 14.8 Å². The van der Waals surface area contributed by atoms with Crippen molar-refractivity contribution in [1.82, 2.24) is 14.9 Å². The number of hydrogen-bond acceptors (Lipinski definition) is 5. The van der Waals surface area contributed by atoms with Crippen LogP contribution in [0.2, 0.25) is 0 Å². The zero-order chi connectivity index (χ0) is 17.7. The molecule has 0 radical (unpaired) electrons. The van der Waals surface area contributed by atoms with Crippen molar-refractivity contribution < 1.29 is 17.9 Å². The highest BCUT2D eigenvalue weighted by Crippen LogP contribution is 2.27. The Morgan fingerprint density at radius 1 is 1.33 bits per heavy atom. The molecule has 2 fully saturated rings. The molecule has 0 bridgehead atoms. The molecule has 0 aromatic rings. The molecule has 2 aliphatic rings. The van der Waals surface area contributed by atoms with Gasteiger partial charge in [0.2, 0.25) is 10.0 Å². The second-order valence-corrected chi connectivity index (χ2v) is 9.06. The topological polar surface area (TPSA) is 87.7 Å². The Morgan fingerprint density at radius 2 is 2.08 bits per heavy atom. The molecule has 24 heavy (non-hydrogen) atoms. The average molecular weight is 362 g/mol. The zero-order valence-electron chi connectivity index (χ0n) is 15.0. The molecule has 8 heteroatoms. The highest BCUT2D eigenvalue weighted by molar-refractivity contribution is 7.88. The standard InChI is InChI=1S/C16H31N3O4S/c1-12(2)23-16(20)19-9-5-7-14(18-24(3,21)22)15(19)10-13-6-4-8-17-11-13/h12-15,17-18H,4-11H2,1-3H3/t13?,14-,15-/m0/s1. The van der Waals surface area contributed by atoms with Crippen LogP contribution in [0.15, 0.2) is 0 Å². The summed E-state index contributed by atoms with van der Waals surface area (Å²) < 4.78 is 31.6. The van der Waals surface area contributed by atoms with Crippen molar-refractivity contribution in [2.45, 2.75) is 64.1 Å². The van der Waals surface area contributed by atoms with Crippen LogP contribution in [0.5, 0.6) is 0 Å². The van der Waals surface area contributed by atoms with E-state index in [-0.39, 0.29) is 24.3 Å². The molecule has 2 heterocycles. The monoisotopic (exact) mass is 361 g/mol. The maximum atomic E-state index is 12.5. The summed E-state index contributed by atoms with van der Waals surface area (Å²) in [7, 11) is -3.31. The molecule has 2 rings (SSSR count). The Kier molecular flexibility index (Phi) is 6.88. The maximum absolute atomic E-state index is 12.5. The number of carbonyl (C=O) groups excluding carboxylic acids is 1. The van der Waals surface area contributed by atoms with E-state index < -0.39 is 10.0 Å². The number of likely N-dealkylation sites (tertiary alicyclic amines) is 1. The van der Waals surface area contributed by atoms with E-state index in [0.717, 1.165) is 45.2 Å². The van der Waals surface area contributed by atoms with Gasteiger partial charge in [0.1, 0.15) is 0 Å². The van der Waals surface area contributed by atoms with E-state index in [4.69, 9.17) is 4.74 Å². The fourth-order valence-electron chi connectivity index (χ4n) is 3.72. The highest BCUT2D eigenvalue weighted by Gasteiger charge is 2.38. The highest BCUT2D eigenvalue weighted by atomic mass is 32.2. The number of carbonyl (C=O) groups is 1. The third kappa shape index (κ3) is 5.89. The average Bonchev–Trinajstić information content (AvgIpc) is 2.48. The van der Waals surface area contributed by atoms with Crippen molar-refractivity contribution in [3.63, 3.8) is 0 Å². The third-order valence-electron chi connectivity index (χ3n) is 4.69. The predicted molar refractivity (Wildman–Crippen MR) is 93.3 cm³/mol. The molecular weight excluding hydrogens is 330 g/mol. The molecule has 2 N–H and O–H groups in total. The fourth-order valence-corrected chi connectivity index (χ4v) is 4.55. The van der Waals surface area contributed by atoms with Crippen LogP contribution in [0.3, 0.4) is 0 Å². The molecular formula is C16H31N3O4S. The molecule has 7 nitrogen and oxygen atoms in total. The van der Waals surface area contributed by atoms with Crippen LogP contribution in [0, 0.1) is 5.92 Å². The second-order valence-electron chi connectivity index (χ2n) is 7.28. The fraction of sp³-hybridized carbons (Fsp3) is 0.938. The summed E-state index contributed by atoms with van der Waals surface area (Å²) >= 11 is 0. The van der Waals surface area contributed by atoms with Crippen LogP contribution in [0.25, 0.3) is 0 Å². The van der Waals surface area contributed by atoms with Crippen LogP contribution >= 0.6 is 0 Å². The van der Waals surface area contributed by atoms with E-state index in [0.29, 0.717) is 12.5 Å². The van der Waals surface area contributed by atoms with Gasteiger partial charge in [-0.3, -0.25) is 0 Å². The van der Waals surface area contributed by atoms with Crippen molar-refractivity contribution in [3.8, 4) is 0 Å². The lowest BCUT2D eigenvalue weighted by Crippen LogP contribution is -2.58. The number of ether oxygens (including phenoxy) is 1. The van der Waals surface area contributed by atoms with Gasteiger partial charge in [0.15, 0.2) is 0 Å². The predicted octanol–water partition coefficient (Wildman–Crippen LogP) is 1.30. The van der Waals surface area contributed by atoms with Crippen molar-refractivity contribution >= 4 is 16.1 Å². The van der Waals surface area contributed by atoms with Crippen molar-refractivity contribution in [3.05, 3.63) is 0 Å². The third-order valence-corrected chi connectivity index (χ3v) is 5.42. The number of piperidine rings is 2. The molecule has 1 amide bonds. The van der Waals surface area contributed by atoms with Gasteiger partial charge in [-0.1, -0.05) is 0 Å². The molecule has 140 valence electrons. The second kappa shape index (κ2) is 8.49. The Hall–Kier alpha value is -0.860. The SMILES string of the molecule is CC(C)OC(=O)N1CCC[C@H](NS(C)(=O)=O)[C@@H]1CC1CCCNC1. The summed E-state index contributed by atoms with van der Waals surface area (Å²) in [5.74, 6) is 0.458. The van der Waals surface area contributed by atoms with E-state index in [1.54, 1.807) is 4.90 Å². The first-order valence-corrected chi connectivity index (χ1v) is 10.8. The Bertz CT molecular complexity index is 517. The smallest absolute Gasteiger partial charge is 0.410 e. The quantitative estimate of drug-likeness (QED) is 0.771. The first-order valence-electron chi connectivity index (χ1n) is 8.91. The minimum Gasteiger partial charge on any atom is -0.447 e. The van der Waals surface area contributed by atoms with E-state index in [9.17, 15) is 13.2 Å². The van der Waals surface area contributed by atoms with Crippen molar-refractivity contribution in [2.24, 2.45) is 5.92 Å². The Labute approximate surface area is 145 Å². The summed E-state index contributed by atoms with van der Waals surface area (Å²) in [4.78, 5) is 14.2. The van der Waals surface area contributed by atoms with Gasteiger partial charge >= 0.3 is 6.09 Å². The van der Waals surface area contributed by atoms with Crippen LogP contribution in [-0.4, -0.2) is 63.5 Å². The van der Waals surface area contributed by atoms with Crippen LogP contribution < -0.4 is 10.0 Å². The van der Waals surface area contributed by atoms with Gasteiger partial charge in [-0.15, -0.1) is 0 Å². The molecule has 0 saturated carbocycles. The number of rotatable bonds is 5. The van der Waals surface area contributed by atoms with Crippen molar-refractivity contribution in [1.29, 1.82) is 0 Å². The lowest BCUT2D eigenvalue weighted by molar-refractivity contribution is 0.0388. The molecule has 2 aliphatic heterocycles. The maximum Gasteiger partial charge on any atom is 0.410 e. The summed E-state index contributed by atoms with van der Waals surface area (Å²) in [6, 6.07) is -0.389. The number of hydrogen-bond donors (Lipinski definition) is 2. The first-order chi connectivity index (χ1) is 11.3. The molecule has 0 spiro atoms. The Balaban J connectivity index is 2.14. The minimum absolute atomic E-state index is 0.148. The van der Waals surface area contributed by atoms with Crippen molar-refractivity contribution in [2.75, 3.05) is 25.9 Å². The van der Waals surface area contributed by atoms with Crippen LogP contribution in [0.1, 0.15) is 46.0 Å². The summed E-state index contributed by atoms with van der Waals surface area (Å²) in [5.41, 5.74) is 0. The first kappa shape index (κ1) is 19.5. The van der Waals surface area contributed by atoms with E-state index in [1.165, 1.54) is 6.26 Å². The molecule has 2 saturated heterocycles. The summed E-state index contributed by atoms with van der Waals surface area (Å²) in [6.07, 6.45) is 5.23.